The lowest BCUT2D eigenvalue weighted by Gasteiger charge is -2.03. The molecule has 0 bridgehead atoms. The van der Waals surface area contributed by atoms with Crippen LogP contribution in [0.5, 0.6) is 0 Å². The van der Waals surface area contributed by atoms with Gasteiger partial charge in [-0.1, -0.05) is 60.7 Å². The molecule has 0 fully saturated rings. The van der Waals surface area contributed by atoms with Crippen molar-refractivity contribution in [1.29, 1.82) is 0 Å². The number of nitrogens with zero attached hydrogens (tertiary/aromatic N) is 1. The minimum atomic E-state index is 0.755. The molecule has 0 saturated heterocycles. The maximum Gasteiger partial charge on any atom is 0.0644 e. The van der Waals surface area contributed by atoms with Crippen LogP contribution in [0.1, 0.15) is 18.1 Å². The maximum atomic E-state index is 4.36. The molecule has 86 valence electrons. The van der Waals surface area contributed by atoms with E-state index >= 15 is 0 Å². The van der Waals surface area contributed by atoms with Crippen LogP contribution in [-0.2, 0) is 6.54 Å². The molecule has 2 aromatic carbocycles. The van der Waals surface area contributed by atoms with Crippen molar-refractivity contribution >= 4 is 5.71 Å². The first kappa shape index (κ1) is 11.4. The number of rotatable bonds is 4. The number of hydrogen-bond acceptors (Lipinski definition) is 2. The normalized spacial score (nSPS) is 11.2. The standard InChI is InChI=1S/C15H16N2/c1-13(15-10-6-3-7-11-15)17-16-12-14-8-4-2-5-9-14/h2-11,16H,12H2,1H3/b17-13+. The van der Waals surface area contributed by atoms with E-state index in [1.54, 1.807) is 0 Å². The van der Waals surface area contributed by atoms with E-state index in [2.05, 4.69) is 34.8 Å². The topological polar surface area (TPSA) is 24.4 Å². The van der Waals surface area contributed by atoms with E-state index < -0.39 is 0 Å². The Morgan fingerprint density at radius 2 is 1.53 bits per heavy atom. The molecular weight excluding hydrogens is 208 g/mol. The minimum absolute atomic E-state index is 0.755. The summed E-state index contributed by atoms with van der Waals surface area (Å²) in [6.45, 7) is 2.76. The Morgan fingerprint density at radius 3 is 2.18 bits per heavy atom. The number of benzene rings is 2. The monoisotopic (exact) mass is 224 g/mol. The van der Waals surface area contributed by atoms with Crippen molar-refractivity contribution in [3.8, 4) is 0 Å². The van der Waals surface area contributed by atoms with Gasteiger partial charge >= 0.3 is 0 Å². The summed E-state index contributed by atoms with van der Waals surface area (Å²) in [5.41, 5.74) is 6.47. The molecule has 0 spiro atoms. The molecule has 0 aromatic heterocycles. The number of hydrogen-bond donors (Lipinski definition) is 1. The summed E-state index contributed by atoms with van der Waals surface area (Å²) in [6.07, 6.45) is 0. The van der Waals surface area contributed by atoms with Crippen LogP contribution in [0.25, 0.3) is 0 Å². The van der Waals surface area contributed by atoms with Crippen LogP contribution >= 0.6 is 0 Å². The maximum absolute atomic E-state index is 4.36. The third-order valence-electron chi connectivity index (χ3n) is 2.56. The van der Waals surface area contributed by atoms with E-state index in [0.29, 0.717) is 0 Å². The molecular formula is C15H16N2. The molecule has 2 heteroatoms. The molecule has 0 saturated carbocycles. The van der Waals surface area contributed by atoms with E-state index in [1.807, 2.05) is 43.3 Å². The first-order chi connectivity index (χ1) is 8.36. The summed E-state index contributed by atoms with van der Waals surface area (Å²) < 4.78 is 0. The summed E-state index contributed by atoms with van der Waals surface area (Å²) in [7, 11) is 0. The molecule has 0 unspecified atom stereocenters. The first-order valence-electron chi connectivity index (χ1n) is 5.73. The smallest absolute Gasteiger partial charge is 0.0644 e. The highest BCUT2D eigenvalue weighted by molar-refractivity contribution is 5.98. The largest absolute Gasteiger partial charge is 0.305 e. The number of hydrazone groups is 1. The molecule has 0 amide bonds. The minimum Gasteiger partial charge on any atom is -0.305 e. The highest BCUT2D eigenvalue weighted by Gasteiger charge is 1.94. The van der Waals surface area contributed by atoms with E-state index in [-0.39, 0.29) is 0 Å². The molecule has 0 heterocycles. The first-order valence-corrected chi connectivity index (χ1v) is 5.73. The average Bonchev–Trinajstić information content (AvgIpc) is 2.41. The second-order valence-electron chi connectivity index (χ2n) is 3.88. The Bertz CT molecular complexity index is 475. The van der Waals surface area contributed by atoms with Crippen molar-refractivity contribution in [2.75, 3.05) is 0 Å². The summed E-state index contributed by atoms with van der Waals surface area (Å²) in [5.74, 6) is 0. The van der Waals surface area contributed by atoms with Gasteiger partial charge in [0.1, 0.15) is 0 Å². The summed E-state index contributed by atoms with van der Waals surface area (Å²) >= 11 is 0. The summed E-state index contributed by atoms with van der Waals surface area (Å²) in [4.78, 5) is 0. The van der Waals surface area contributed by atoms with Gasteiger partial charge in [-0.3, -0.25) is 0 Å². The van der Waals surface area contributed by atoms with Gasteiger partial charge in [0.25, 0.3) is 0 Å². The van der Waals surface area contributed by atoms with E-state index in [1.165, 1.54) is 5.56 Å². The van der Waals surface area contributed by atoms with Crippen molar-refractivity contribution < 1.29 is 0 Å². The van der Waals surface area contributed by atoms with Crippen molar-refractivity contribution in [3.63, 3.8) is 0 Å². The molecule has 0 aliphatic rings. The highest BCUT2D eigenvalue weighted by Crippen LogP contribution is 2.01. The van der Waals surface area contributed by atoms with Crippen LogP contribution in [0.2, 0.25) is 0 Å². The van der Waals surface area contributed by atoms with Crippen molar-refractivity contribution in [1.82, 2.24) is 5.43 Å². The molecule has 2 aromatic rings. The van der Waals surface area contributed by atoms with Crippen molar-refractivity contribution in [2.45, 2.75) is 13.5 Å². The Balaban J connectivity index is 1.93. The average molecular weight is 224 g/mol. The van der Waals surface area contributed by atoms with Crippen LogP contribution in [0.15, 0.2) is 65.8 Å². The van der Waals surface area contributed by atoms with Crippen LogP contribution in [0, 0.1) is 0 Å². The van der Waals surface area contributed by atoms with Gasteiger partial charge in [0.2, 0.25) is 0 Å². The van der Waals surface area contributed by atoms with Gasteiger partial charge in [-0.2, -0.15) is 5.10 Å². The summed E-state index contributed by atoms with van der Waals surface area (Å²) in [5, 5.41) is 4.36. The fourth-order valence-electron chi connectivity index (χ4n) is 1.59. The van der Waals surface area contributed by atoms with E-state index in [0.717, 1.165) is 17.8 Å². The number of nitrogens with one attached hydrogen (secondary N) is 1. The molecule has 1 N–H and O–H groups in total. The van der Waals surface area contributed by atoms with Gasteiger partial charge in [0.05, 0.1) is 12.3 Å². The Labute approximate surface area is 102 Å². The highest BCUT2D eigenvalue weighted by atomic mass is 15.3. The van der Waals surface area contributed by atoms with Gasteiger partial charge in [0, 0.05) is 0 Å². The second-order valence-corrected chi connectivity index (χ2v) is 3.88. The fourth-order valence-corrected chi connectivity index (χ4v) is 1.59. The zero-order valence-corrected chi connectivity index (χ0v) is 9.93. The lowest BCUT2D eigenvalue weighted by Crippen LogP contribution is -2.09. The van der Waals surface area contributed by atoms with Gasteiger partial charge in [-0.15, -0.1) is 0 Å². The molecule has 2 nitrogen and oxygen atoms in total. The van der Waals surface area contributed by atoms with Crippen molar-refractivity contribution in [2.24, 2.45) is 5.10 Å². The Kier molecular flexibility index (Phi) is 3.92. The molecule has 0 aliphatic heterocycles. The lowest BCUT2D eigenvalue weighted by molar-refractivity contribution is 0.744. The lowest BCUT2D eigenvalue weighted by atomic mass is 10.1. The predicted molar refractivity (Wildman–Crippen MR) is 71.9 cm³/mol. The zero-order chi connectivity index (χ0) is 11.9. The third-order valence-corrected chi connectivity index (χ3v) is 2.56. The van der Waals surface area contributed by atoms with Crippen LogP contribution in [-0.4, -0.2) is 5.71 Å². The van der Waals surface area contributed by atoms with Gasteiger partial charge in [-0.25, -0.2) is 0 Å². The SMILES string of the molecule is C/C(=N\NCc1ccccc1)c1ccccc1. The molecule has 17 heavy (non-hydrogen) atoms. The van der Waals surface area contributed by atoms with E-state index in [4.69, 9.17) is 0 Å². The van der Waals surface area contributed by atoms with E-state index in [9.17, 15) is 0 Å². The summed E-state index contributed by atoms with van der Waals surface area (Å²) in [6, 6.07) is 20.4. The van der Waals surface area contributed by atoms with Crippen LogP contribution in [0.4, 0.5) is 0 Å². The van der Waals surface area contributed by atoms with Gasteiger partial charge < -0.3 is 5.43 Å². The molecule has 0 aliphatic carbocycles. The van der Waals surface area contributed by atoms with Gasteiger partial charge in [0.15, 0.2) is 0 Å². The molecule has 0 radical (unpaired) electrons. The quantitative estimate of drug-likeness (QED) is 0.626. The van der Waals surface area contributed by atoms with Crippen LogP contribution < -0.4 is 5.43 Å². The van der Waals surface area contributed by atoms with Crippen LogP contribution in [0.3, 0.4) is 0 Å². The van der Waals surface area contributed by atoms with Crippen molar-refractivity contribution in [3.05, 3.63) is 71.8 Å². The predicted octanol–water partition coefficient (Wildman–Crippen LogP) is 3.20. The third kappa shape index (κ3) is 3.45. The Hall–Kier alpha value is -2.09. The van der Waals surface area contributed by atoms with Gasteiger partial charge in [-0.05, 0) is 18.1 Å². The zero-order valence-electron chi connectivity index (χ0n) is 9.93. The molecule has 2 rings (SSSR count). The fraction of sp³-hybridized carbons (Fsp3) is 0.133. The Morgan fingerprint density at radius 1 is 0.941 bits per heavy atom. The molecule has 0 atom stereocenters. The second kappa shape index (κ2) is 5.85.